The second kappa shape index (κ2) is 14.3. The molecule has 5 aromatic rings. The van der Waals surface area contributed by atoms with Crippen LogP contribution in [-0.4, -0.2) is 52.3 Å². The second-order valence-corrected chi connectivity index (χ2v) is 11.5. The summed E-state index contributed by atoms with van der Waals surface area (Å²) in [6, 6.07) is 18.1. The van der Waals surface area contributed by atoms with Crippen molar-refractivity contribution in [3.8, 4) is 11.1 Å². The van der Waals surface area contributed by atoms with Crippen molar-refractivity contribution in [2.24, 2.45) is 22.9 Å². The summed E-state index contributed by atoms with van der Waals surface area (Å²) in [6.07, 6.45) is -0.0576. The zero-order valence-corrected chi connectivity index (χ0v) is 27.4. The number of benzene rings is 4. The molecule has 4 aromatic carbocycles. The maximum atomic E-state index is 14.0. The van der Waals surface area contributed by atoms with Crippen LogP contribution in [0.15, 0.2) is 77.2 Å². The quantitative estimate of drug-likeness (QED) is 0.104. The molecule has 1 heterocycles. The molecule has 16 heteroatoms. The standard InChI is InChI=1S/C35H28ClN7O8/c1-2-19(28(44)35-42-20-8-3-4-9-21(20)51-35)41-34(50)24-22(29(37)45)23(30(38)46)25(31(39)47)27(26(24)32(40)48)43-33(49)16-12-10-15(11-13-16)17-6-5-7-18(36)14-17/h3-14,19H,2H2,1H3,(H2,37,45)(H2,38,46)(H2,39,47)(H2,40,48)(H,41,50)(H,43,49)/t19-/m0/s1. The number of amides is 6. The topological polar surface area (TPSA) is 274 Å². The van der Waals surface area contributed by atoms with Crippen LogP contribution in [0.25, 0.3) is 22.2 Å². The third-order valence-corrected chi connectivity index (χ3v) is 8.03. The Morgan fingerprint density at radius 1 is 0.706 bits per heavy atom. The highest BCUT2D eigenvalue weighted by atomic mass is 35.5. The summed E-state index contributed by atoms with van der Waals surface area (Å²) in [5.74, 6) is -9.29. The number of rotatable bonds is 12. The van der Waals surface area contributed by atoms with Crippen LogP contribution >= 0.6 is 11.6 Å². The Balaban J connectivity index is 1.63. The average Bonchev–Trinajstić information content (AvgIpc) is 3.53. The number of carbonyl (C=O) groups is 7. The molecule has 51 heavy (non-hydrogen) atoms. The van der Waals surface area contributed by atoms with Crippen molar-refractivity contribution in [3.63, 3.8) is 0 Å². The Morgan fingerprint density at radius 3 is 1.86 bits per heavy atom. The van der Waals surface area contributed by atoms with Crippen LogP contribution in [0, 0.1) is 0 Å². The minimum Gasteiger partial charge on any atom is -0.434 e. The van der Waals surface area contributed by atoms with E-state index in [4.69, 9.17) is 39.0 Å². The molecule has 0 aliphatic heterocycles. The first-order valence-electron chi connectivity index (χ1n) is 15.0. The lowest BCUT2D eigenvalue weighted by Crippen LogP contribution is -2.43. The van der Waals surface area contributed by atoms with Gasteiger partial charge in [0, 0.05) is 10.6 Å². The van der Waals surface area contributed by atoms with Gasteiger partial charge in [-0.05, 0) is 53.9 Å². The molecule has 0 aliphatic carbocycles. The van der Waals surface area contributed by atoms with Crippen LogP contribution in [-0.2, 0) is 0 Å². The number of para-hydroxylation sites is 2. The SMILES string of the molecule is CC[C@H](NC(=O)c1c(C(N)=O)c(NC(=O)c2ccc(-c3cccc(Cl)c3)cc2)c(C(N)=O)c(C(N)=O)c1C(N)=O)C(=O)c1nc2ccccc2o1. The molecule has 1 aromatic heterocycles. The van der Waals surface area contributed by atoms with E-state index in [9.17, 15) is 33.6 Å². The molecule has 0 radical (unpaired) electrons. The number of hydrogen-bond acceptors (Lipinski definition) is 9. The van der Waals surface area contributed by atoms with Crippen molar-refractivity contribution in [2.75, 3.05) is 5.32 Å². The van der Waals surface area contributed by atoms with Crippen molar-refractivity contribution in [3.05, 3.63) is 117 Å². The average molecular weight is 710 g/mol. The fourth-order valence-electron chi connectivity index (χ4n) is 5.47. The molecule has 6 amide bonds. The van der Waals surface area contributed by atoms with Gasteiger partial charge in [-0.25, -0.2) is 4.98 Å². The molecule has 5 rings (SSSR count). The lowest BCUT2D eigenvalue weighted by atomic mass is 9.86. The third kappa shape index (κ3) is 7.00. The first-order chi connectivity index (χ1) is 24.2. The van der Waals surface area contributed by atoms with Crippen molar-refractivity contribution >= 4 is 69.6 Å². The summed E-state index contributed by atoms with van der Waals surface area (Å²) in [6.45, 7) is 1.53. The van der Waals surface area contributed by atoms with Gasteiger partial charge in [0.1, 0.15) is 5.52 Å². The van der Waals surface area contributed by atoms with Crippen molar-refractivity contribution in [1.29, 1.82) is 0 Å². The Hall–Kier alpha value is -6.87. The van der Waals surface area contributed by atoms with Gasteiger partial charge < -0.3 is 38.0 Å². The molecule has 0 spiro atoms. The minimum absolute atomic E-state index is 0.0211. The number of halogens is 1. The summed E-state index contributed by atoms with van der Waals surface area (Å²) in [5.41, 5.74) is 18.9. The lowest BCUT2D eigenvalue weighted by Gasteiger charge is -2.23. The van der Waals surface area contributed by atoms with E-state index in [0.29, 0.717) is 21.7 Å². The molecular weight excluding hydrogens is 682 g/mol. The fourth-order valence-corrected chi connectivity index (χ4v) is 5.66. The van der Waals surface area contributed by atoms with Gasteiger partial charge in [0.25, 0.3) is 29.5 Å². The molecule has 0 saturated heterocycles. The summed E-state index contributed by atoms with van der Waals surface area (Å²) < 4.78 is 5.53. The number of fused-ring (bicyclic) bond motifs is 1. The minimum atomic E-state index is -1.49. The zero-order valence-electron chi connectivity index (χ0n) is 26.6. The van der Waals surface area contributed by atoms with Gasteiger partial charge >= 0.3 is 0 Å². The molecule has 15 nitrogen and oxygen atoms in total. The van der Waals surface area contributed by atoms with E-state index in [1.54, 1.807) is 60.7 Å². The summed E-state index contributed by atoms with van der Waals surface area (Å²) in [7, 11) is 0. The maximum Gasteiger partial charge on any atom is 0.266 e. The number of anilines is 1. The van der Waals surface area contributed by atoms with E-state index < -0.39 is 80.8 Å². The first kappa shape index (κ1) is 35.4. The summed E-state index contributed by atoms with van der Waals surface area (Å²) >= 11 is 6.09. The van der Waals surface area contributed by atoms with Crippen LogP contribution in [0.3, 0.4) is 0 Å². The molecule has 258 valence electrons. The Labute approximate surface area is 293 Å². The van der Waals surface area contributed by atoms with Gasteiger partial charge in [-0.15, -0.1) is 0 Å². The Bertz CT molecular complexity index is 2270. The van der Waals surface area contributed by atoms with Gasteiger partial charge in [-0.1, -0.05) is 54.9 Å². The molecule has 1 atom stereocenters. The molecule has 0 unspecified atom stereocenters. The number of oxazole rings is 1. The monoisotopic (exact) mass is 709 g/mol. The van der Waals surface area contributed by atoms with Gasteiger partial charge in [0.05, 0.1) is 39.5 Å². The van der Waals surface area contributed by atoms with Crippen LogP contribution in [0.2, 0.25) is 5.02 Å². The number of primary amides is 4. The maximum absolute atomic E-state index is 14.0. The predicted octanol–water partition coefficient (Wildman–Crippen LogP) is 3.19. The number of nitrogens with two attached hydrogens (primary N) is 4. The third-order valence-electron chi connectivity index (χ3n) is 7.79. The molecule has 10 N–H and O–H groups in total. The number of aromatic nitrogens is 1. The Morgan fingerprint density at radius 2 is 1.29 bits per heavy atom. The first-order valence-corrected chi connectivity index (χ1v) is 15.4. The van der Waals surface area contributed by atoms with E-state index in [2.05, 4.69) is 15.6 Å². The molecule has 0 bridgehead atoms. The fraction of sp³-hybridized carbons (Fsp3) is 0.0857. The summed E-state index contributed by atoms with van der Waals surface area (Å²) in [5, 5.41) is 5.18. The van der Waals surface area contributed by atoms with Gasteiger partial charge in [0.2, 0.25) is 17.6 Å². The van der Waals surface area contributed by atoms with Gasteiger partial charge in [-0.2, -0.15) is 0 Å². The van der Waals surface area contributed by atoms with Gasteiger partial charge in [0.15, 0.2) is 5.58 Å². The van der Waals surface area contributed by atoms with E-state index >= 15 is 0 Å². The summed E-state index contributed by atoms with van der Waals surface area (Å²) in [4.78, 5) is 96.8. The molecule has 0 saturated carbocycles. The highest BCUT2D eigenvalue weighted by Gasteiger charge is 2.38. The molecular formula is C35H28ClN7O8. The van der Waals surface area contributed by atoms with E-state index in [-0.39, 0.29) is 17.9 Å². The van der Waals surface area contributed by atoms with Crippen LogP contribution in [0.1, 0.15) is 86.2 Å². The smallest absolute Gasteiger partial charge is 0.266 e. The predicted molar refractivity (Wildman–Crippen MR) is 185 cm³/mol. The largest absolute Gasteiger partial charge is 0.434 e. The van der Waals surface area contributed by atoms with E-state index in [1.807, 2.05) is 0 Å². The van der Waals surface area contributed by atoms with E-state index in [1.165, 1.54) is 19.1 Å². The number of carbonyl (C=O) groups excluding carboxylic acids is 7. The number of ketones is 1. The number of Topliss-reactive ketones (excluding diaryl/α,β-unsaturated/α-hetero) is 1. The normalized spacial score (nSPS) is 11.4. The zero-order chi connectivity index (χ0) is 37.1. The number of nitrogens with one attached hydrogen (secondary N) is 2. The molecule has 0 aliphatic rings. The van der Waals surface area contributed by atoms with Gasteiger partial charge in [-0.3, -0.25) is 33.6 Å². The van der Waals surface area contributed by atoms with Crippen LogP contribution < -0.4 is 33.6 Å². The van der Waals surface area contributed by atoms with Crippen molar-refractivity contribution in [2.45, 2.75) is 19.4 Å². The number of nitrogens with zero attached hydrogens (tertiary/aromatic N) is 1. The highest BCUT2D eigenvalue weighted by molar-refractivity contribution is 6.31. The van der Waals surface area contributed by atoms with Crippen molar-refractivity contribution in [1.82, 2.24) is 10.3 Å². The highest BCUT2D eigenvalue weighted by Crippen LogP contribution is 2.34. The lowest BCUT2D eigenvalue weighted by molar-refractivity contribution is 0.0832. The number of hydrogen-bond donors (Lipinski definition) is 6. The van der Waals surface area contributed by atoms with Crippen molar-refractivity contribution < 1.29 is 38.0 Å². The van der Waals surface area contributed by atoms with Crippen LogP contribution in [0.5, 0.6) is 0 Å². The Kier molecular flexibility index (Phi) is 9.95. The van der Waals surface area contributed by atoms with E-state index in [0.717, 1.165) is 5.56 Å². The molecule has 0 fully saturated rings. The second-order valence-electron chi connectivity index (χ2n) is 11.0. The van der Waals surface area contributed by atoms with Crippen LogP contribution in [0.4, 0.5) is 5.69 Å².